The van der Waals surface area contributed by atoms with Gasteiger partial charge in [-0.3, -0.25) is 0 Å². The maximum Gasteiger partial charge on any atom is 0.00784 e. The lowest BCUT2D eigenvalue weighted by Crippen LogP contribution is -2.42. The molecule has 2 aliphatic carbocycles. The van der Waals surface area contributed by atoms with Crippen LogP contribution < -0.4 is 5.73 Å². The molecule has 92 valence electrons. The van der Waals surface area contributed by atoms with Crippen LogP contribution in [0.15, 0.2) is 12.1 Å². The number of fused-ring (bicyclic) bond motifs is 1. The minimum Gasteiger partial charge on any atom is -0.330 e. The molecule has 0 saturated heterocycles. The van der Waals surface area contributed by atoms with Gasteiger partial charge in [0.05, 0.1) is 0 Å². The highest BCUT2D eigenvalue weighted by Crippen LogP contribution is 2.46. The number of hydrogen-bond acceptors (Lipinski definition) is 1. The largest absolute Gasteiger partial charge is 0.330 e. The molecule has 0 heterocycles. The Balaban J connectivity index is 2.11. The van der Waals surface area contributed by atoms with Gasteiger partial charge in [-0.25, -0.2) is 0 Å². The van der Waals surface area contributed by atoms with Crippen LogP contribution in [0.4, 0.5) is 0 Å². The topological polar surface area (TPSA) is 26.0 Å². The molecule has 1 heteroatoms. The Hall–Kier alpha value is -0.820. The van der Waals surface area contributed by atoms with Gasteiger partial charge >= 0.3 is 0 Å². The Labute approximate surface area is 104 Å². The molecule has 0 aromatic heterocycles. The van der Waals surface area contributed by atoms with Crippen LogP contribution in [-0.2, 0) is 18.3 Å². The molecule has 0 unspecified atom stereocenters. The van der Waals surface area contributed by atoms with E-state index in [4.69, 9.17) is 5.73 Å². The quantitative estimate of drug-likeness (QED) is 0.827. The minimum atomic E-state index is 0.342. The maximum absolute atomic E-state index is 6.07. The van der Waals surface area contributed by atoms with Gasteiger partial charge in [-0.05, 0) is 67.7 Å². The van der Waals surface area contributed by atoms with Gasteiger partial charge < -0.3 is 5.73 Å². The first-order chi connectivity index (χ1) is 8.27. The van der Waals surface area contributed by atoms with E-state index in [1.165, 1.54) is 50.5 Å². The summed E-state index contributed by atoms with van der Waals surface area (Å²) in [6.07, 6.45) is 9.28. The molecule has 0 atom stereocenters. The summed E-state index contributed by atoms with van der Waals surface area (Å²) in [6.45, 7) is 3.10. The lowest BCUT2D eigenvalue weighted by Gasteiger charge is -2.44. The van der Waals surface area contributed by atoms with E-state index in [9.17, 15) is 0 Å². The first-order valence-corrected chi connectivity index (χ1v) is 7.09. The zero-order valence-corrected chi connectivity index (χ0v) is 10.9. The first-order valence-electron chi connectivity index (χ1n) is 7.09. The lowest BCUT2D eigenvalue weighted by atomic mass is 9.62. The summed E-state index contributed by atoms with van der Waals surface area (Å²) < 4.78 is 0. The summed E-state index contributed by atoms with van der Waals surface area (Å²) in [6, 6.07) is 4.71. The van der Waals surface area contributed by atoms with Crippen molar-refractivity contribution in [3.8, 4) is 0 Å². The van der Waals surface area contributed by atoms with Crippen LogP contribution in [-0.4, -0.2) is 6.54 Å². The van der Waals surface area contributed by atoms with Crippen molar-refractivity contribution in [3.05, 3.63) is 34.4 Å². The Bertz CT molecular complexity index is 424. The Morgan fingerprint density at radius 1 is 1.06 bits per heavy atom. The molecule has 0 spiro atoms. The zero-order chi connectivity index (χ0) is 11.9. The number of rotatable bonds is 2. The summed E-state index contributed by atoms with van der Waals surface area (Å²) in [5, 5.41) is 0. The van der Waals surface area contributed by atoms with Crippen LogP contribution >= 0.6 is 0 Å². The summed E-state index contributed by atoms with van der Waals surface area (Å²) >= 11 is 0. The third-order valence-electron chi connectivity index (χ3n) is 5.04. The van der Waals surface area contributed by atoms with Crippen LogP contribution in [0, 0.1) is 6.92 Å². The van der Waals surface area contributed by atoms with Crippen molar-refractivity contribution >= 4 is 0 Å². The van der Waals surface area contributed by atoms with Crippen molar-refractivity contribution in [1.82, 2.24) is 0 Å². The van der Waals surface area contributed by atoms with Crippen molar-refractivity contribution in [2.75, 3.05) is 6.54 Å². The van der Waals surface area contributed by atoms with Crippen molar-refractivity contribution in [1.29, 1.82) is 0 Å². The fourth-order valence-electron chi connectivity index (χ4n) is 3.73. The first kappa shape index (κ1) is 11.3. The van der Waals surface area contributed by atoms with Crippen molar-refractivity contribution in [3.63, 3.8) is 0 Å². The van der Waals surface area contributed by atoms with Gasteiger partial charge in [0.2, 0.25) is 0 Å². The van der Waals surface area contributed by atoms with E-state index in [0.29, 0.717) is 5.41 Å². The highest BCUT2D eigenvalue weighted by atomic mass is 14.6. The average molecular weight is 229 g/mol. The molecular formula is C16H23N. The van der Waals surface area contributed by atoms with Gasteiger partial charge in [0, 0.05) is 12.0 Å². The second kappa shape index (κ2) is 4.13. The highest BCUT2D eigenvalue weighted by Gasteiger charge is 2.39. The second-order valence-corrected chi connectivity index (χ2v) is 5.93. The van der Waals surface area contributed by atoms with Crippen LogP contribution in [0.2, 0.25) is 0 Å². The number of nitrogens with two attached hydrogens (primary N) is 1. The summed E-state index contributed by atoms with van der Waals surface area (Å²) in [5.41, 5.74) is 12.8. The van der Waals surface area contributed by atoms with E-state index in [2.05, 4.69) is 19.1 Å². The molecule has 0 amide bonds. The highest BCUT2D eigenvalue weighted by molar-refractivity contribution is 5.46. The molecular weight excluding hydrogens is 206 g/mol. The molecule has 1 saturated carbocycles. The van der Waals surface area contributed by atoms with Crippen molar-refractivity contribution < 1.29 is 0 Å². The normalized spacial score (nSPS) is 21.8. The van der Waals surface area contributed by atoms with Gasteiger partial charge in [0.1, 0.15) is 0 Å². The molecule has 1 nitrogen and oxygen atoms in total. The van der Waals surface area contributed by atoms with Crippen LogP contribution in [0.5, 0.6) is 0 Å². The molecule has 17 heavy (non-hydrogen) atoms. The van der Waals surface area contributed by atoms with Gasteiger partial charge in [-0.2, -0.15) is 0 Å². The fraction of sp³-hybridized carbons (Fsp3) is 0.625. The molecule has 2 aliphatic rings. The molecule has 1 aromatic rings. The lowest BCUT2D eigenvalue weighted by molar-refractivity contribution is 0.250. The summed E-state index contributed by atoms with van der Waals surface area (Å²) in [5.74, 6) is 0. The monoisotopic (exact) mass is 229 g/mol. The molecule has 3 rings (SSSR count). The molecule has 2 N–H and O–H groups in total. The van der Waals surface area contributed by atoms with Crippen molar-refractivity contribution in [2.24, 2.45) is 5.73 Å². The SMILES string of the molecule is Cc1ccc(C2(CN)CCC2)c2c1CCCC2. The molecule has 0 bridgehead atoms. The molecule has 0 aliphatic heterocycles. The number of hydrogen-bond donors (Lipinski definition) is 1. The Morgan fingerprint density at radius 3 is 2.35 bits per heavy atom. The van der Waals surface area contributed by atoms with Gasteiger partial charge in [0.25, 0.3) is 0 Å². The Morgan fingerprint density at radius 2 is 1.76 bits per heavy atom. The maximum atomic E-state index is 6.07. The van der Waals surface area contributed by atoms with E-state index >= 15 is 0 Å². The predicted molar refractivity (Wildman–Crippen MR) is 72.4 cm³/mol. The second-order valence-electron chi connectivity index (χ2n) is 5.93. The van der Waals surface area contributed by atoms with Crippen LogP contribution in [0.25, 0.3) is 0 Å². The Kier molecular flexibility index (Phi) is 2.74. The minimum absolute atomic E-state index is 0.342. The third kappa shape index (κ3) is 1.63. The fourth-order valence-corrected chi connectivity index (χ4v) is 3.73. The molecule has 1 aromatic carbocycles. The standard InChI is InChI=1S/C16H23N/c1-12-7-8-15(16(11-17)9-4-10-16)14-6-3-2-5-13(12)14/h7-8H,2-6,9-11,17H2,1H3. The average Bonchev–Trinajstić information content (AvgIpc) is 2.32. The van der Waals surface area contributed by atoms with E-state index < -0.39 is 0 Å². The smallest absolute Gasteiger partial charge is 0.00784 e. The molecule has 1 fully saturated rings. The summed E-state index contributed by atoms with van der Waals surface area (Å²) in [4.78, 5) is 0. The van der Waals surface area contributed by atoms with Gasteiger partial charge in [-0.15, -0.1) is 0 Å². The van der Waals surface area contributed by atoms with Crippen LogP contribution in [0.1, 0.15) is 54.4 Å². The summed E-state index contributed by atoms with van der Waals surface area (Å²) in [7, 11) is 0. The van der Waals surface area contributed by atoms with Gasteiger partial charge in [-0.1, -0.05) is 18.6 Å². The van der Waals surface area contributed by atoms with E-state index in [1.807, 2.05) is 0 Å². The van der Waals surface area contributed by atoms with Crippen molar-refractivity contribution in [2.45, 2.75) is 57.3 Å². The van der Waals surface area contributed by atoms with Crippen LogP contribution in [0.3, 0.4) is 0 Å². The van der Waals surface area contributed by atoms with E-state index in [0.717, 1.165) is 6.54 Å². The molecule has 0 radical (unpaired) electrons. The number of benzene rings is 1. The van der Waals surface area contributed by atoms with E-state index in [1.54, 1.807) is 16.7 Å². The zero-order valence-electron chi connectivity index (χ0n) is 10.9. The predicted octanol–water partition coefficient (Wildman–Crippen LogP) is 3.25. The van der Waals surface area contributed by atoms with Gasteiger partial charge in [0.15, 0.2) is 0 Å². The number of aryl methyl sites for hydroxylation is 1. The third-order valence-corrected chi connectivity index (χ3v) is 5.04. The van der Waals surface area contributed by atoms with E-state index in [-0.39, 0.29) is 0 Å².